The van der Waals surface area contributed by atoms with E-state index in [4.69, 9.17) is 4.42 Å². The highest BCUT2D eigenvalue weighted by atomic mass is 79.9. The predicted molar refractivity (Wildman–Crippen MR) is 92.4 cm³/mol. The van der Waals surface area contributed by atoms with Crippen molar-refractivity contribution >= 4 is 21.8 Å². The molecule has 22 heavy (non-hydrogen) atoms. The second-order valence-corrected chi connectivity index (χ2v) is 7.13. The molecule has 2 rings (SSSR count). The second kappa shape index (κ2) is 6.29. The highest BCUT2D eigenvalue weighted by Crippen LogP contribution is 2.28. The van der Waals surface area contributed by atoms with Gasteiger partial charge in [0.15, 0.2) is 0 Å². The summed E-state index contributed by atoms with van der Waals surface area (Å²) in [6, 6.07) is 8.39. The number of amides is 1. The number of benzene rings is 1. The molecular formula is C18H22BrNO2. The number of hydrogen-bond acceptors (Lipinski definition) is 2. The quantitative estimate of drug-likeness (QED) is 0.856. The number of rotatable bonds is 4. The van der Waals surface area contributed by atoms with E-state index in [1.165, 1.54) is 11.1 Å². The molecule has 0 spiro atoms. The maximum Gasteiger partial charge on any atom is 0.256 e. The lowest BCUT2D eigenvalue weighted by Crippen LogP contribution is -2.37. The van der Waals surface area contributed by atoms with Gasteiger partial charge in [-0.1, -0.05) is 43.7 Å². The standard InChI is InChI=1S/C18H22BrNO2/c1-11-7-6-8-14(9-11)18(4,5)10-20-17(21)15-12(2)22-13(3)16(15)19/h6-9H,10H2,1-5H3,(H,20,21). The van der Waals surface area contributed by atoms with Crippen molar-refractivity contribution in [3.8, 4) is 0 Å². The van der Waals surface area contributed by atoms with Crippen molar-refractivity contribution in [2.75, 3.05) is 6.54 Å². The van der Waals surface area contributed by atoms with Crippen LogP contribution in [0.4, 0.5) is 0 Å². The smallest absolute Gasteiger partial charge is 0.256 e. The van der Waals surface area contributed by atoms with Crippen molar-refractivity contribution in [2.45, 2.75) is 40.0 Å². The zero-order chi connectivity index (χ0) is 16.5. The van der Waals surface area contributed by atoms with E-state index in [-0.39, 0.29) is 11.3 Å². The topological polar surface area (TPSA) is 42.2 Å². The molecule has 0 aliphatic heterocycles. The summed E-state index contributed by atoms with van der Waals surface area (Å²) in [6.07, 6.45) is 0. The van der Waals surface area contributed by atoms with E-state index >= 15 is 0 Å². The number of carbonyl (C=O) groups excluding carboxylic acids is 1. The molecule has 0 saturated carbocycles. The Bertz CT molecular complexity index is 701. The summed E-state index contributed by atoms with van der Waals surface area (Å²) < 4.78 is 6.22. The van der Waals surface area contributed by atoms with Gasteiger partial charge in [0, 0.05) is 12.0 Å². The predicted octanol–water partition coefficient (Wildman–Crippen LogP) is 4.67. The first-order valence-electron chi connectivity index (χ1n) is 7.33. The summed E-state index contributed by atoms with van der Waals surface area (Å²) >= 11 is 3.42. The Morgan fingerprint density at radius 1 is 1.23 bits per heavy atom. The molecule has 0 unspecified atom stereocenters. The van der Waals surface area contributed by atoms with E-state index in [1.54, 1.807) is 6.92 Å². The van der Waals surface area contributed by atoms with Gasteiger partial charge in [-0.2, -0.15) is 0 Å². The molecule has 1 heterocycles. The van der Waals surface area contributed by atoms with E-state index in [9.17, 15) is 4.79 Å². The van der Waals surface area contributed by atoms with Gasteiger partial charge in [-0.05, 0) is 42.3 Å². The molecular weight excluding hydrogens is 342 g/mol. The van der Waals surface area contributed by atoms with E-state index < -0.39 is 0 Å². The van der Waals surface area contributed by atoms with Crippen LogP contribution in [-0.4, -0.2) is 12.5 Å². The summed E-state index contributed by atoms with van der Waals surface area (Å²) in [6.45, 7) is 10.5. The van der Waals surface area contributed by atoms with Gasteiger partial charge in [-0.3, -0.25) is 4.79 Å². The summed E-state index contributed by atoms with van der Waals surface area (Å²) in [5.41, 5.74) is 2.88. The number of aryl methyl sites for hydroxylation is 3. The summed E-state index contributed by atoms with van der Waals surface area (Å²) in [5.74, 6) is 1.25. The lowest BCUT2D eigenvalue weighted by Gasteiger charge is -2.26. The van der Waals surface area contributed by atoms with Crippen LogP contribution in [0.3, 0.4) is 0 Å². The Labute approximate surface area is 140 Å². The molecule has 0 saturated heterocycles. The van der Waals surface area contributed by atoms with Crippen molar-refractivity contribution in [3.63, 3.8) is 0 Å². The fourth-order valence-corrected chi connectivity index (χ4v) is 3.01. The lowest BCUT2D eigenvalue weighted by atomic mass is 9.84. The van der Waals surface area contributed by atoms with E-state index in [1.807, 2.05) is 6.92 Å². The highest BCUT2D eigenvalue weighted by Gasteiger charge is 2.24. The Morgan fingerprint density at radius 3 is 2.45 bits per heavy atom. The Hall–Kier alpha value is -1.55. The fraction of sp³-hybridized carbons (Fsp3) is 0.389. The van der Waals surface area contributed by atoms with Crippen LogP contribution < -0.4 is 5.32 Å². The molecule has 118 valence electrons. The largest absolute Gasteiger partial charge is 0.465 e. The normalized spacial score (nSPS) is 11.5. The molecule has 1 N–H and O–H groups in total. The number of nitrogens with one attached hydrogen (secondary N) is 1. The minimum absolute atomic E-state index is 0.109. The first-order chi connectivity index (χ1) is 10.2. The van der Waals surface area contributed by atoms with E-state index in [0.29, 0.717) is 17.9 Å². The SMILES string of the molecule is Cc1cccc(C(C)(C)CNC(=O)c2c(C)oc(C)c2Br)c1. The first kappa shape index (κ1) is 16.8. The average Bonchev–Trinajstić information content (AvgIpc) is 2.70. The summed E-state index contributed by atoms with van der Waals surface area (Å²) in [4.78, 5) is 12.4. The third kappa shape index (κ3) is 3.43. The first-order valence-corrected chi connectivity index (χ1v) is 8.12. The molecule has 0 radical (unpaired) electrons. The van der Waals surface area contributed by atoms with Crippen LogP contribution in [0.1, 0.15) is 46.9 Å². The van der Waals surface area contributed by atoms with Crippen molar-refractivity contribution in [2.24, 2.45) is 0 Å². The molecule has 1 aromatic carbocycles. The van der Waals surface area contributed by atoms with Gasteiger partial charge >= 0.3 is 0 Å². The van der Waals surface area contributed by atoms with Crippen molar-refractivity contribution < 1.29 is 9.21 Å². The van der Waals surface area contributed by atoms with Gasteiger partial charge in [-0.15, -0.1) is 0 Å². The zero-order valence-electron chi connectivity index (χ0n) is 13.7. The highest BCUT2D eigenvalue weighted by molar-refractivity contribution is 9.10. The van der Waals surface area contributed by atoms with Gasteiger partial charge < -0.3 is 9.73 Å². The number of carbonyl (C=O) groups is 1. The Balaban J connectivity index is 2.13. The third-order valence-corrected chi connectivity index (χ3v) is 4.86. The molecule has 1 amide bonds. The van der Waals surface area contributed by atoms with Gasteiger partial charge in [0.2, 0.25) is 0 Å². The molecule has 0 atom stereocenters. The molecule has 3 nitrogen and oxygen atoms in total. The summed E-state index contributed by atoms with van der Waals surface area (Å²) in [7, 11) is 0. The van der Waals surface area contributed by atoms with Gasteiger partial charge in [0.1, 0.15) is 11.5 Å². The molecule has 0 fully saturated rings. The maximum absolute atomic E-state index is 12.4. The fourth-order valence-electron chi connectivity index (χ4n) is 2.47. The van der Waals surface area contributed by atoms with Crippen LogP contribution in [0.15, 0.2) is 33.2 Å². The average molecular weight is 364 g/mol. The van der Waals surface area contributed by atoms with Crippen LogP contribution in [0.25, 0.3) is 0 Å². The molecule has 0 aliphatic rings. The number of hydrogen-bond donors (Lipinski definition) is 1. The minimum Gasteiger partial charge on any atom is -0.465 e. The van der Waals surface area contributed by atoms with Crippen molar-refractivity contribution in [1.82, 2.24) is 5.32 Å². The van der Waals surface area contributed by atoms with Crippen LogP contribution in [0.5, 0.6) is 0 Å². The van der Waals surface area contributed by atoms with Crippen LogP contribution >= 0.6 is 15.9 Å². The van der Waals surface area contributed by atoms with E-state index in [2.05, 4.69) is 66.3 Å². The van der Waals surface area contributed by atoms with Gasteiger partial charge in [0.05, 0.1) is 10.0 Å². The lowest BCUT2D eigenvalue weighted by molar-refractivity contribution is 0.0943. The number of furan rings is 1. The second-order valence-electron chi connectivity index (χ2n) is 6.34. The Kier molecular flexibility index (Phi) is 4.81. The van der Waals surface area contributed by atoms with Crippen molar-refractivity contribution in [3.05, 3.63) is 56.9 Å². The molecule has 1 aromatic heterocycles. The third-order valence-electron chi connectivity index (χ3n) is 3.90. The molecule has 2 aromatic rings. The minimum atomic E-state index is -0.138. The monoisotopic (exact) mass is 363 g/mol. The molecule has 4 heteroatoms. The van der Waals surface area contributed by atoms with E-state index in [0.717, 1.165) is 10.2 Å². The van der Waals surface area contributed by atoms with Gasteiger partial charge in [-0.25, -0.2) is 0 Å². The van der Waals surface area contributed by atoms with Crippen LogP contribution in [-0.2, 0) is 5.41 Å². The Morgan fingerprint density at radius 2 is 1.91 bits per heavy atom. The van der Waals surface area contributed by atoms with Crippen LogP contribution in [0, 0.1) is 20.8 Å². The molecule has 0 aliphatic carbocycles. The zero-order valence-corrected chi connectivity index (χ0v) is 15.3. The molecule has 0 bridgehead atoms. The number of halogens is 1. The maximum atomic E-state index is 12.4. The van der Waals surface area contributed by atoms with Crippen molar-refractivity contribution in [1.29, 1.82) is 0 Å². The van der Waals surface area contributed by atoms with Crippen LogP contribution in [0.2, 0.25) is 0 Å². The summed E-state index contributed by atoms with van der Waals surface area (Å²) in [5, 5.41) is 3.02. The van der Waals surface area contributed by atoms with Gasteiger partial charge in [0.25, 0.3) is 5.91 Å².